The molecular formula is C33H47N3O8. The summed E-state index contributed by atoms with van der Waals surface area (Å²) in [4.78, 5) is 32.8. The van der Waals surface area contributed by atoms with Crippen molar-refractivity contribution in [1.29, 1.82) is 0 Å². The van der Waals surface area contributed by atoms with Crippen LogP contribution in [0.3, 0.4) is 0 Å². The zero-order valence-electron chi connectivity index (χ0n) is 26.6. The van der Waals surface area contributed by atoms with Crippen molar-refractivity contribution >= 4 is 11.9 Å². The second kappa shape index (κ2) is 15.9. The summed E-state index contributed by atoms with van der Waals surface area (Å²) in [5.41, 5.74) is 0.752. The van der Waals surface area contributed by atoms with Crippen LogP contribution in [-0.4, -0.2) is 112 Å². The number of hydrogen-bond acceptors (Lipinski definition) is 9. The van der Waals surface area contributed by atoms with E-state index >= 15 is 0 Å². The van der Waals surface area contributed by atoms with Crippen LogP contribution >= 0.6 is 0 Å². The van der Waals surface area contributed by atoms with Gasteiger partial charge in [-0.3, -0.25) is 14.5 Å². The lowest BCUT2D eigenvalue weighted by atomic mass is 9.85. The summed E-state index contributed by atoms with van der Waals surface area (Å²) in [6.45, 7) is 5.02. The Morgan fingerprint density at radius 1 is 0.977 bits per heavy atom. The van der Waals surface area contributed by atoms with Gasteiger partial charge in [0.1, 0.15) is 6.61 Å². The zero-order chi connectivity index (χ0) is 31.6. The Morgan fingerprint density at radius 3 is 2.36 bits per heavy atom. The number of ether oxygens (including phenoxy) is 5. The predicted molar refractivity (Wildman–Crippen MR) is 166 cm³/mol. The number of carboxylic acids is 1. The first kappa shape index (κ1) is 33.2. The highest BCUT2D eigenvalue weighted by molar-refractivity contribution is 5.79. The molecule has 1 amide bonds. The third kappa shape index (κ3) is 8.06. The normalized spacial score (nSPS) is 19.3. The van der Waals surface area contributed by atoms with Crippen LogP contribution in [0, 0.1) is 5.92 Å². The van der Waals surface area contributed by atoms with Gasteiger partial charge in [0.05, 0.1) is 32.7 Å². The van der Waals surface area contributed by atoms with Gasteiger partial charge in [0.25, 0.3) is 0 Å². The number of carbonyl (C=O) groups is 2. The number of para-hydroxylation sites is 2. The summed E-state index contributed by atoms with van der Waals surface area (Å²) < 4.78 is 28.4. The first-order valence-electron chi connectivity index (χ1n) is 15.4. The highest BCUT2D eigenvalue weighted by atomic mass is 16.7. The number of aliphatic carboxylic acids is 1. The average Bonchev–Trinajstić information content (AvgIpc) is 3.63. The molecule has 2 aromatic carbocycles. The van der Waals surface area contributed by atoms with E-state index in [1.165, 1.54) is 0 Å². The maximum absolute atomic E-state index is 13.8. The molecule has 0 radical (unpaired) electrons. The SMILES string of the molecule is CCCCN(CCCCN(C)C)C(=O)CN1CC(c2cc(OC)c3c(c2)OCO3)C(C(=O)O)C1COc1ccccc1OC. The first-order valence-corrected chi connectivity index (χ1v) is 15.4. The van der Waals surface area contributed by atoms with Gasteiger partial charge in [-0.15, -0.1) is 0 Å². The number of unbranched alkanes of at least 4 members (excludes halogenated alkanes) is 2. The van der Waals surface area contributed by atoms with Crippen molar-refractivity contribution < 1.29 is 38.4 Å². The third-order valence-electron chi connectivity index (χ3n) is 8.38. The van der Waals surface area contributed by atoms with Gasteiger partial charge in [-0.25, -0.2) is 0 Å². The summed E-state index contributed by atoms with van der Waals surface area (Å²) >= 11 is 0. The van der Waals surface area contributed by atoms with Gasteiger partial charge >= 0.3 is 5.97 Å². The van der Waals surface area contributed by atoms with Crippen molar-refractivity contribution in [3.63, 3.8) is 0 Å². The third-order valence-corrected chi connectivity index (χ3v) is 8.38. The molecule has 0 bridgehead atoms. The lowest BCUT2D eigenvalue weighted by molar-refractivity contribution is -0.144. The van der Waals surface area contributed by atoms with E-state index in [1.807, 2.05) is 48.2 Å². The van der Waals surface area contributed by atoms with E-state index in [2.05, 4.69) is 11.8 Å². The molecule has 0 aliphatic carbocycles. The number of benzene rings is 2. The van der Waals surface area contributed by atoms with Gasteiger partial charge in [0.2, 0.25) is 18.4 Å². The van der Waals surface area contributed by atoms with Crippen LogP contribution in [0.2, 0.25) is 0 Å². The fourth-order valence-corrected chi connectivity index (χ4v) is 6.03. The minimum Gasteiger partial charge on any atom is -0.493 e. The molecular weight excluding hydrogens is 566 g/mol. The van der Waals surface area contributed by atoms with Gasteiger partial charge in [-0.05, 0) is 69.7 Å². The van der Waals surface area contributed by atoms with Crippen molar-refractivity contribution in [2.45, 2.75) is 44.6 Å². The number of fused-ring (bicyclic) bond motifs is 1. The van der Waals surface area contributed by atoms with Crippen LogP contribution in [0.25, 0.3) is 0 Å². The van der Waals surface area contributed by atoms with Crippen LogP contribution in [0.4, 0.5) is 0 Å². The second-order valence-corrected chi connectivity index (χ2v) is 11.6. The number of hydrogen-bond donors (Lipinski definition) is 1. The quantitative estimate of drug-likeness (QED) is 0.264. The van der Waals surface area contributed by atoms with Crippen molar-refractivity contribution in [3.05, 3.63) is 42.0 Å². The number of amides is 1. The molecule has 0 saturated carbocycles. The number of nitrogens with zero attached hydrogens (tertiary/aromatic N) is 3. The lowest BCUT2D eigenvalue weighted by Crippen LogP contribution is -2.46. The fraction of sp³-hybridized carbons (Fsp3) is 0.576. The summed E-state index contributed by atoms with van der Waals surface area (Å²) in [5, 5.41) is 10.6. The molecule has 0 aromatic heterocycles. The minimum absolute atomic E-state index is 0.00125. The summed E-state index contributed by atoms with van der Waals surface area (Å²) in [6, 6.07) is 10.3. The van der Waals surface area contributed by atoms with Crippen LogP contribution in [0.5, 0.6) is 28.7 Å². The molecule has 11 nitrogen and oxygen atoms in total. The first-order chi connectivity index (χ1) is 21.3. The number of likely N-dealkylation sites (tertiary alicyclic amines) is 1. The maximum atomic E-state index is 13.8. The molecule has 2 heterocycles. The van der Waals surface area contributed by atoms with Gasteiger partial charge in [0.15, 0.2) is 23.0 Å². The van der Waals surface area contributed by atoms with Crippen LogP contribution < -0.4 is 23.7 Å². The summed E-state index contributed by atoms with van der Waals surface area (Å²) in [5.74, 6) is 0.322. The Bertz CT molecular complexity index is 1260. The molecule has 44 heavy (non-hydrogen) atoms. The van der Waals surface area contributed by atoms with Crippen LogP contribution in [0.15, 0.2) is 36.4 Å². The largest absolute Gasteiger partial charge is 0.493 e. The fourth-order valence-electron chi connectivity index (χ4n) is 6.03. The van der Waals surface area contributed by atoms with Gasteiger partial charge in [-0.1, -0.05) is 25.5 Å². The Balaban J connectivity index is 1.62. The molecule has 3 atom stereocenters. The Kier molecular flexibility index (Phi) is 12.0. The van der Waals surface area contributed by atoms with E-state index < -0.39 is 23.8 Å². The number of rotatable bonds is 17. The van der Waals surface area contributed by atoms with Crippen LogP contribution in [-0.2, 0) is 9.59 Å². The Morgan fingerprint density at radius 2 is 1.68 bits per heavy atom. The maximum Gasteiger partial charge on any atom is 0.308 e. The Labute approximate surface area is 260 Å². The second-order valence-electron chi connectivity index (χ2n) is 11.6. The number of carboxylic acid groups (broad SMARTS) is 1. The van der Waals surface area contributed by atoms with E-state index in [4.69, 9.17) is 23.7 Å². The molecule has 242 valence electrons. The lowest BCUT2D eigenvalue weighted by Gasteiger charge is -2.30. The topological polar surface area (TPSA) is 110 Å². The van der Waals surface area contributed by atoms with Crippen LogP contribution in [0.1, 0.15) is 44.1 Å². The molecule has 1 N–H and O–H groups in total. The average molecular weight is 614 g/mol. The summed E-state index contributed by atoms with van der Waals surface area (Å²) in [6.07, 6.45) is 3.80. The molecule has 2 aliphatic rings. The molecule has 2 aliphatic heterocycles. The monoisotopic (exact) mass is 613 g/mol. The molecule has 1 fully saturated rings. The van der Waals surface area contributed by atoms with Gasteiger partial charge in [0, 0.05) is 25.6 Å². The molecule has 4 rings (SSSR count). The predicted octanol–water partition coefficient (Wildman–Crippen LogP) is 3.95. The Hall–Kier alpha value is -3.70. The van der Waals surface area contributed by atoms with Crippen molar-refractivity contribution in [2.75, 3.05) is 74.4 Å². The minimum atomic E-state index is -0.957. The molecule has 0 spiro atoms. The standard InChI is InChI=1S/C33H47N3O8/c1-6-7-15-35(16-11-10-14-34(2)3)30(37)20-36-19-24(23-17-28(41-5)32-29(18-23)43-22-44-32)31(33(38)39)25(36)21-42-27-13-9-8-12-26(27)40-4/h8-9,12-13,17-18,24-25,31H,6-7,10-11,14-16,19-22H2,1-5H3,(H,38,39). The van der Waals surface area contributed by atoms with Crippen molar-refractivity contribution in [3.8, 4) is 28.7 Å². The number of carbonyl (C=O) groups excluding carboxylic acids is 1. The van der Waals surface area contributed by atoms with E-state index in [-0.39, 0.29) is 25.9 Å². The summed E-state index contributed by atoms with van der Waals surface area (Å²) in [7, 11) is 7.20. The van der Waals surface area contributed by atoms with Crippen molar-refractivity contribution in [1.82, 2.24) is 14.7 Å². The molecule has 3 unspecified atom stereocenters. The van der Waals surface area contributed by atoms with Gasteiger partial charge in [-0.2, -0.15) is 0 Å². The van der Waals surface area contributed by atoms with E-state index in [9.17, 15) is 14.7 Å². The molecule has 2 aromatic rings. The zero-order valence-corrected chi connectivity index (χ0v) is 26.6. The molecule has 1 saturated heterocycles. The smallest absolute Gasteiger partial charge is 0.308 e. The van der Waals surface area contributed by atoms with E-state index in [0.717, 1.165) is 37.8 Å². The number of methoxy groups -OCH3 is 2. The highest BCUT2D eigenvalue weighted by Crippen LogP contribution is 2.47. The van der Waals surface area contributed by atoms with E-state index in [0.29, 0.717) is 48.4 Å². The highest BCUT2D eigenvalue weighted by Gasteiger charge is 2.48. The molecule has 11 heteroatoms. The van der Waals surface area contributed by atoms with E-state index in [1.54, 1.807) is 26.4 Å². The van der Waals surface area contributed by atoms with Gasteiger partial charge < -0.3 is 38.6 Å². The van der Waals surface area contributed by atoms with Crippen molar-refractivity contribution in [2.24, 2.45) is 5.92 Å².